The Hall–Kier alpha value is -0.640. The summed E-state index contributed by atoms with van der Waals surface area (Å²) in [5.74, 6) is 0.863. The molecule has 116 valence electrons. The highest BCUT2D eigenvalue weighted by atomic mass is 35.5. The summed E-state index contributed by atoms with van der Waals surface area (Å²) in [6.45, 7) is 5.47. The zero-order chi connectivity index (χ0) is 14.7. The lowest BCUT2D eigenvalue weighted by Gasteiger charge is -2.43. The van der Waals surface area contributed by atoms with Crippen molar-refractivity contribution < 1.29 is 0 Å². The third-order valence-corrected chi connectivity index (χ3v) is 5.52. The summed E-state index contributed by atoms with van der Waals surface area (Å²) in [5.41, 5.74) is 1.20. The van der Waals surface area contributed by atoms with Crippen molar-refractivity contribution in [3.05, 3.63) is 29.0 Å². The van der Waals surface area contributed by atoms with Crippen LogP contribution in [0.4, 0.5) is 0 Å². The van der Waals surface area contributed by atoms with Crippen LogP contribution in [0.5, 0.6) is 0 Å². The van der Waals surface area contributed by atoms with Crippen molar-refractivity contribution in [3.63, 3.8) is 0 Å². The number of halogens is 1. The molecule has 0 bridgehead atoms. The molecule has 0 radical (unpaired) electrons. The maximum Gasteiger partial charge on any atom is 0.0634 e. The Labute approximate surface area is 133 Å². The van der Waals surface area contributed by atoms with Gasteiger partial charge in [0.2, 0.25) is 0 Å². The van der Waals surface area contributed by atoms with Crippen LogP contribution in [0.3, 0.4) is 0 Å². The van der Waals surface area contributed by atoms with Gasteiger partial charge in [0.1, 0.15) is 0 Å². The van der Waals surface area contributed by atoms with Crippen LogP contribution in [0.25, 0.3) is 0 Å². The molecule has 0 amide bonds. The molecular weight excluding hydrogens is 282 g/mol. The minimum absolute atomic E-state index is 0.564. The van der Waals surface area contributed by atoms with E-state index < -0.39 is 0 Å². The maximum absolute atomic E-state index is 6.27. The van der Waals surface area contributed by atoms with Gasteiger partial charge in [0.05, 0.1) is 5.02 Å². The Morgan fingerprint density at radius 1 is 1.33 bits per heavy atom. The third-order valence-electron chi connectivity index (χ3n) is 5.18. The first-order valence-corrected chi connectivity index (χ1v) is 8.67. The topological polar surface area (TPSA) is 28.2 Å². The zero-order valence-corrected chi connectivity index (χ0v) is 13.6. The summed E-state index contributed by atoms with van der Waals surface area (Å²) >= 11 is 6.27. The van der Waals surface area contributed by atoms with Crippen molar-refractivity contribution >= 4 is 11.6 Å². The van der Waals surface area contributed by atoms with Gasteiger partial charge in [0.25, 0.3) is 0 Å². The van der Waals surface area contributed by atoms with E-state index in [-0.39, 0.29) is 0 Å². The second-order valence-electron chi connectivity index (χ2n) is 6.66. The molecular formula is C17H26ClN3. The van der Waals surface area contributed by atoms with E-state index >= 15 is 0 Å². The number of hydrogen-bond acceptors (Lipinski definition) is 3. The molecule has 0 aromatic carbocycles. The maximum atomic E-state index is 6.27. The van der Waals surface area contributed by atoms with E-state index in [0.29, 0.717) is 12.1 Å². The first-order chi connectivity index (χ1) is 10.2. The van der Waals surface area contributed by atoms with Crippen LogP contribution in [0.1, 0.15) is 44.6 Å². The highest BCUT2D eigenvalue weighted by Gasteiger charge is 2.31. The Morgan fingerprint density at radius 3 is 2.90 bits per heavy atom. The van der Waals surface area contributed by atoms with Crippen LogP contribution in [0.2, 0.25) is 5.02 Å². The van der Waals surface area contributed by atoms with Gasteiger partial charge in [-0.3, -0.25) is 9.88 Å². The number of aromatic nitrogens is 1. The Balaban J connectivity index is 1.64. The number of hydrogen-bond donors (Lipinski definition) is 1. The Bertz CT molecular complexity index is 459. The van der Waals surface area contributed by atoms with Crippen molar-refractivity contribution in [2.45, 2.75) is 57.7 Å². The highest BCUT2D eigenvalue weighted by molar-refractivity contribution is 6.31. The number of nitrogens with zero attached hydrogens (tertiary/aromatic N) is 2. The number of piperazine rings is 1. The van der Waals surface area contributed by atoms with E-state index in [1.54, 1.807) is 6.20 Å². The monoisotopic (exact) mass is 307 g/mol. The minimum atomic E-state index is 0.564. The standard InChI is InChI=1S/C17H26ClN3/c1-13-9-20-17(14-5-3-2-4-6-14)12-21(13)11-15-7-8-19-10-16(15)18/h7-8,10,13-14,17,20H,2-6,9,11-12H2,1H3. The molecule has 1 saturated carbocycles. The van der Waals surface area contributed by atoms with Crippen molar-refractivity contribution in [2.75, 3.05) is 13.1 Å². The molecule has 2 heterocycles. The highest BCUT2D eigenvalue weighted by Crippen LogP contribution is 2.29. The fourth-order valence-corrected chi connectivity index (χ4v) is 3.95. The lowest BCUT2D eigenvalue weighted by Crippen LogP contribution is -2.57. The summed E-state index contributed by atoms with van der Waals surface area (Å²) in [7, 11) is 0. The quantitative estimate of drug-likeness (QED) is 0.926. The molecule has 0 spiro atoms. The van der Waals surface area contributed by atoms with Gasteiger partial charge in [0, 0.05) is 44.1 Å². The molecule has 2 fully saturated rings. The van der Waals surface area contributed by atoms with E-state index in [9.17, 15) is 0 Å². The Morgan fingerprint density at radius 2 is 2.14 bits per heavy atom. The van der Waals surface area contributed by atoms with Crippen molar-refractivity contribution in [1.82, 2.24) is 15.2 Å². The van der Waals surface area contributed by atoms with Crippen molar-refractivity contribution in [1.29, 1.82) is 0 Å². The Kier molecular flexibility index (Phi) is 5.15. The average molecular weight is 308 g/mol. The van der Waals surface area contributed by atoms with E-state index in [0.717, 1.165) is 30.6 Å². The SMILES string of the molecule is CC1CNC(C2CCCCC2)CN1Cc1ccncc1Cl. The largest absolute Gasteiger partial charge is 0.311 e. The van der Waals surface area contributed by atoms with Crippen LogP contribution >= 0.6 is 11.6 Å². The van der Waals surface area contributed by atoms with Gasteiger partial charge in [0.15, 0.2) is 0 Å². The zero-order valence-electron chi connectivity index (χ0n) is 12.9. The van der Waals surface area contributed by atoms with E-state index in [4.69, 9.17) is 11.6 Å². The number of nitrogens with one attached hydrogen (secondary N) is 1. The lowest BCUT2D eigenvalue weighted by molar-refractivity contribution is 0.0981. The fraction of sp³-hybridized carbons (Fsp3) is 0.706. The van der Waals surface area contributed by atoms with Gasteiger partial charge in [-0.2, -0.15) is 0 Å². The molecule has 2 aliphatic rings. The minimum Gasteiger partial charge on any atom is -0.311 e. The normalized spacial score (nSPS) is 28.7. The molecule has 21 heavy (non-hydrogen) atoms. The third kappa shape index (κ3) is 3.77. The number of pyridine rings is 1. The number of rotatable bonds is 3. The molecule has 2 atom stereocenters. The van der Waals surface area contributed by atoms with E-state index in [1.807, 2.05) is 12.3 Å². The first kappa shape index (κ1) is 15.3. The van der Waals surface area contributed by atoms with Crippen LogP contribution in [0, 0.1) is 5.92 Å². The van der Waals surface area contributed by atoms with Gasteiger partial charge in [-0.15, -0.1) is 0 Å². The molecule has 2 unspecified atom stereocenters. The molecule has 1 aromatic heterocycles. The van der Waals surface area contributed by atoms with Gasteiger partial charge in [-0.05, 0) is 37.3 Å². The fourth-order valence-electron chi connectivity index (χ4n) is 3.77. The summed E-state index contributed by atoms with van der Waals surface area (Å²) in [6, 6.07) is 3.27. The molecule has 3 nitrogen and oxygen atoms in total. The average Bonchev–Trinajstić information content (AvgIpc) is 2.52. The van der Waals surface area contributed by atoms with Gasteiger partial charge >= 0.3 is 0 Å². The second kappa shape index (κ2) is 7.08. The molecule has 1 aliphatic heterocycles. The van der Waals surface area contributed by atoms with Crippen LogP contribution in [-0.4, -0.2) is 35.1 Å². The molecule has 1 N–H and O–H groups in total. The van der Waals surface area contributed by atoms with Crippen LogP contribution in [0.15, 0.2) is 18.5 Å². The molecule has 3 rings (SSSR count). The van der Waals surface area contributed by atoms with Crippen LogP contribution < -0.4 is 5.32 Å². The summed E-state index contributed by atoms with van der Waals surface area (Å²) < 4.78 is 0. The van der Waals surface area contributed by atoms with Crippen molar-refractivity contribution in [3.8, 4) is 0 Å². The summed E-state index contributed by atoms with van der Waals surface area (Å²) in [5, 5.41) is 4.57. The predicted octanol–water partition coefficient (Wildman–Crippen LogP) is 3.48. The predicted molar refractivity (Wildman–Crippen MR) is 87.5 cm³/mol. The lowest BCUT2D eigenvalue weighted by atomic mass is 9.82. The van der Waals surface area contributed by atoms with E-state index in [2.05, 4.69) is 22.1 Å². The summed E-state index contributed by atoms with van der Waals surface area (Å²) in [4.78, 5) is 6.66. The smallest absolute Gasteiger partial charge is 0.0634 e. The molecule has 1 aliphatic carbocycles. The van der Waals surface area contributed by atoms with Gasteiger partial charge in [-0.25, -0.2) is 0 Å². The van der Waals surface area contributed by atoms with Gasteiger partial charge in [-0.1, -0.05) is 30.9 Å². The summed E-state index contributed by atoms with van der Waals surface area (Å²) in [6.07, 6.45) is 10.6. The molecule has 1 aromatic rings. The molecule has 4 heteroatoms. The van der Waals surface area contributed by atoms with Gasteiger partial charge < -0.3 is 5.32 Å². The second-order valence-corrected chi connectivity index (χ2v) is 7.07. The molecule has 1 saturated heterocycles. The van der Waals surface area contributed by atoms with Crippen LogP contribution in [-0.2, 0) is 6.54 Å². The van der Waals surface area contributed by atoms with Crippen molar-refractivity contribution in [2.24, 2.45) is 5.92 Å². The first-order valence-electron chi connectivity index (χ1n) is 8.30. The van der Waals surface area contributed by atoms with E-state index in [1.165, 1.54) is 37.7 Å².